The fourth-order valence-corrected chi connectivity index (χ4v) is 5.39. The lowest BCUT2D eigenvalue weighted by Gasteiger charge is -2.38. The number of rotatable bonds is 7. The van der Waals surface area contributed by atoms with Gasteiger partial charge in [0.2, 0.25) is 5.89 Å². The normalized spacial score (nSPS) is 14.9. The molecule has 7 rings (SSSR count). The Hall–Kier alpha value is -5.37. The lowest BCUT2D eigenvalue weighted by molar-refractivity contribution is 0.0385. The van der Waals surface area contributed by atoms with E-state index in [-0.39, 0.29) is 17.4 Å². The number of fused-ring (bicyclic) bond motifs is 1. The second kappa shape index (κ2) is 11.4. The number of carbonyl (C=O) groups is 1. The first-order valence-corrected chi connectivity index (χ1v) is 14.0. The molecule has 0 N–H and O–H groups in total. The molecular weight excluding hydrogens is 570 g/mol. The Morgan fingerprint density at radius 1 is 0.932 bits per heavy atom. The van der Waals surface area contributed by atoms with Crippen molar-refractivity contribution in [2.24, 2.45) is 7.05 Å². The molecule has 12 nitrogen and oxygen atoms in total. The first-order valence-electron chi connectivity index (χ1n) is 14.0. The van der Waals surface area contributed by atoms with Gasteiger partial charge in [-0.1, -0.05) is 35.1 Å². The highest BCUT2D eigenvalue weighted by molar-refractivity contribution is 5.93. The predicted molar refractivity (Wildman–Crippen MR) is 154 cm³/mol. The summed E-state index contributed by atoms with van der Waals surface area (Å²) in [5.74, 6) is 0.337. The van der Waals surface area contributed by atoms with Crippen molar-refractivity contribution in [2.45, 2.75) is 12.6 Å². The van der Waals surface area contributed by atoms with Crippen LogP contribution >= 0.6 is 0 Å². The van der Waals surface area contributed by atoms with Crippen LogP contribution in [0.1, 0.15) is 34.5 Å². The molecule has 0 radical (unpaired) electrons. The molecule has 5 heterocycles. The van der Waals surface area contributed by atoms with E-state index < -0.39 is 12.6 Å². The highest BCUT2D eigenvalue weighted by Crippen LogP contribution is 2.30. The second-order valence-corrected chi connectivity index (χ2v) is 10.4. The third-order valence-electron chi connectivity index (χ3n) is 7.57. The summed E-state index contributed by atoms with van der Waals surface area (Å²) < 4.78 is 34.1. The zero-order valence-corrected chi connectivity index (χ0v) is 23.5. The Morgan fingerprint density at radius 3 is 2.48 bits per heavy atom. The molecule has 222 valence electrons. The van der Waals surface area contributed by atoms with E-state index in [0.717, 1.165) is 16.8 Å². The Morgan fingerprint density at radius 2 is 1.75 bits per heavy atom. The lowest BCUT2D eigenvalue weighted by Crippen LogP contribution is -2.50. The Labute approximate surface area is 249 Å². The number of aryl methyl sites for hydroxylation is 1. The summed E-state index contributed by atoms with van der Waals surface area (Å²) in [6.45, 7) is -1.15. The highest BCUT2D eigenvalue weighted by Gasteiger charge is 2.32. The molecule has 44 heavy (non-hydrogen) atoms. The largest absolute Gasteiger partial charge is 0.436 e. The zero-order valence-electron chi connectivity index (χ0n) is 23.5. The van der Waals surface area contributed by atoms with Gasteiger partial charge in [0.25, 0.3) is 5.91 Å². The van der Waals surface area contributed by atoms with Crippen molar-refractivity contribution in [3.8, 4) is 22.7 Å². The van der Waals surface area contributed by atoms with Gasteiger partial charge in [-0.05, 0) is 47.2 Å². The molecule has 1 atom stereocenters. The van der Waals surface area contributed by atoms with Crippen LogP contribution in [0.5, 0.6) is 0 Å². The molecule has 0 bridgehead atoms. The SMILES string of the molecule is Cn1ccc(-c2ccc3oc(-c4ccnc(C(=O)N5CCN([C@@H](c6ccccc6)c6nnn(C(F)F)n6)CC5)c4)nc3c2)n1. The number of hydrogen-bond acceptors (Lipinski definition) is 9. The molecule has 0 saturated carbocycles. The molecule has 2 aromatic carbocycles. The van der Waals surface area contributed by atoms with Crippen molar-refractivity contribution in [3.05, 3.63) is 96.2 Å². The minimum Gasteiger partial charge on any atom is -0.436 e. The summed E-state index contributed by atoms with van der Waals surface area (Å²) in [5, 5.41) is 15.8. The van der Waals surface area contributed by atoms with Crippen LogP contribution in [0.3, 0.4) is 0 Å². The minimum atomic E-state index is -2.88. The number of piperazine rings is 1. The van der Waals surface area contributed by atoms with Crippen LogP contribution < -0.4 is 0 Å². The number of hydrogen-bond donors (Lipinski definition) is 0. The summed E-state index contributed by atoms with van der Waals surface area (Å²) in [7, 11) is 1.86. The van der Waals surface area contributed by atoms with E-state index in [1.165, 1.54) is 0 Å². The lowest BCUT2D eigenvalue weighted by atomic mass is 10.0. The number of pyridine rings is 1. The van der Waals surface area contributed by atoms with Crippen LogP contribution in [0, 0.1) is 0 Å². The summed E-state index contributed by atoms with van der Waals surface area (Å²) in [6.07, 6.45) is 3.45. The van der Waals surface area contributed by atoms with Gasteiger partial charge < -0.3 is 9.32 Å². The molecule has 1 fully saturated rings. The van der Waals surface area contributed by atoms with Gasteiger partial charge in [-0.15, -0.1) is 10.2 Å². The quantitative estimate of drug-likeness (QED) is 0.266. The fraction of sp³-hybridized carbons (Fsp3) is 0.233. The average molecular weight is 597 g/mol. The van der Waals surface area contributed by atoms with Gasteiger partial charge in [-0.3, -0.25) is 19.4 Å². The fourth-order valence-electron chi connectivity index (χ4n) is 5.39. The van der Waals surface area contributed by atoms with Crippen molar-refractivity contribution in [1.29, 1.82) is 0 Å². The number of amides is 1. The first kappa shape index (κ1) is 27.5. The molecule has 14 heteroatoms. The number of halogens is 2. The van der Waals surface area contributed by atoms with Crippen LogP contribution in [-0.2, 0) is 7.05 Å². The van der Waals surface area contributed by atoms with E-state index >= 15 is 0 Å². The van der Waals surface area contributed by atoms with Crippen molar-refractivity contribution in [2.75, 3.05) is 26.2 Å². The topological polar surface area (TPSA) is 124 Å². The number of benzene rings is 2. The Balaban J connectivity index is 1.08. The molecule has 1 aliphatic heterocycles. The van der Waals surface area contributed by atoms with E-state index in [4.69, 9.17) is 4.42 Å². The maximum Gasteiger partial charge on any atom is 0.350 e. The van der Waals surface area contributed by atoms with Crippen LogP contribution in [0.2, 0.25) is 0 Å². The standard InChI is InChI=1S/C30H26F2N10O2/c1-39-12-10-22(36-39)20-7-8-25-23(17-20)34-28(44-25)21-9-11-33-24(18-21)29(43)41-15-13-40(14-16-41)26(19-5-3-2-4-6-19)27-35-38-42(37-27)30(31)32/h2-12,17-18,26,30H,13-16H2,1H3/t26-/m0/s1. The monoisotopic (exact) mass is 596 g/mol. The molecular formula is C30H26F2N10O2. The van der Waals surface area contributed by atoms with Crippen LogP contribution in [0.4, 0.5) is 8.78 Å². The van der Waals surface area contributed by atoms with Gasteiger partial charge in [-0.25, -0.2) is 4.98 Å². The predicted octanol–water partition coefficient (Wildman–Crippen LogP) is 4.22. The molecule has 1 saturated heterocycles. The second-order valence-electron chi connectivity index (χ2n) is 10.4. The first-order chi connectivity index (χ1) is 21.4. The number of alkyl halides is 2. The van der Waals surface area contributed by atoms with Gasteiger partial charge in [0.1, 0.15) is 11.2 Å². The van der Waals surface area contributed by atoms with E-state index in [9.17, 15) is 13.6 Å². The van der Waals surface area contributed by atoms with Crippen LogP contribution in [-0.4, -0.2) is 81.8 Å². The maximum atomic E-state index is 13.5. The van der Waals surface area contributed by atoms with Crippen LogP contribution in [0.15, 0.2) is 83.5 Å². The van der Waals surface area contributed by atoms with E-state index in [1.807, 2.05) is 67.8 Å². The van der Waals surface area contributed by atoms with E-state index in [1.54, 1.807) is 27.9 Å². The molecule has 1 aliphatic rings. The summed E-state index contributed by atoms with van der Waals surface area (Å²) in [5.41, 5.74) is 4.81. The average Bonchev–Trinajstić information content (AvgIpc) is 3.82. The number of aromatic nitrogens is 8. The van der Waals surface area contributed by atoms with Gasteiger partial charge in [0.05, 0.1) is 11.7 Å². The molecule has 4 aromatic heterocycles. The zero-order chi connectivity index (χ0) is 30.2. The number of nitrogens with zero attached hydrogens (tertiary/aromatic N) is 10. The highest BCUT2D eigenvalue weighted by atomic mass is 19.3. The number of carbonyl (C=O) groups excluding carboxylic acids is 1. The smallest absolute Gasteiger partial charge is 0.350 e. The maximum absolute atomic E-state index is 13.5. The third-order valence-corrected chi connectivity index (χ3v) is 7.57. The summed E-state index contributed by atoms with van der Waals surface area (Å²) in [4.78, 5) is 26.6. The third kappa shape index (κ3) is 5.30. The number of oxazole rings is 1. The van der Waals surface area contributed by atoms with Gasteiger partial charge in [0.15, 0.2) is 11.4 Å². The Kier molecular flexibility index (Phi) is 7.10. The Bertz CT molecular complexity index is 1930. The molecule has 1 amide bonds. The van der Waals surface area contributed by atoms with Gasteiger partial charge >= 0.3 is 6.55 Å². The van der Waals surface area contributed by atoms with E-state index in [2.05, 4.69) is 35.4 Å². The van der Waals surface area contributed by atoms with Crippen LogP contribution in [0.25, 0.3) is 33.8 Å². The minimum absolute atomic E-state index is 0.177. The summed E-state index contributed by atoms with van der Waals surface area (Å²) in [6, 6.07) is 20.0. The molecule has 0 aliphatic carbocycles. The van der Waals surface area contributed by atoms with Crippen molar-refractivity contribution in [1.82, 2.24) is 49.8 Å². The molecule has 6 aromatic rings. The van der Waals surface area contributed by atoms with E-state index in [0.29, 0.717) is 53.5 Å². The van der Waals surface area contributed by atoms with Gasteiger partial charge in [0, 0.05) is 56.7 Å². The van der Waals surface area contributed by atoms with Crippen molar-refractivity contribution >= 4 is 17.0 Å². The van der Waals surface area contributed by atoms with Crippen molar-refractivity contribution < 1.29 is 18.0 Å². The van der Waals surface area contributed by atoms with Gasteiger partial charge in [-0.2, -0.15) is 13.9 Å². The molecule has 0 unspecified atom stereocenters. The van der Waals surface area contributed by atoms with Crippen molar-refractivity contribution in [3.63, 3.8) is 0 Å². The summed E-state index contributed by atoms with van der Waals surface area (Å²) >= 11 is 0. The number of tetrazole rings is 1. The molecule has 0 spiro atoms.